The van der Waals surface area contributed by atoms with Crippen molar-refractivity contribution in [3.05, 3.63) is 64.2 Å². The van der Waals surface area contributed by atoms with E-state index in [4.69, 9.17) is 5.73 Å². The maximum atomic E-state index is 12.2. The fourth-order valence-corrected chi connectivity index (χ4v) is 2.67. The average molecular weight is 409 g/mol. The lowest BCUT2D eigenvalue weighted by molar-refractivity contribution is -0.383. The number of nitro groups is 1. The number of aliphatic imine (C=N–C) groups is 2. The van der Waals surface area contributed by atoms with Crippen LogP contribution in [-0.4, -0.2) is 34.7 Å². The number of carbonyl (C=O) groups is 2. The van der Waals surface area contributed by atoms with Crippen molar-refractivity contribution in [3.8, 4) is 0 Å². The van der Waals surface area contributed by atoms with Crippen LogP contribution in [0.3, 0.4) is 0 Å². The molecule has 1 atom stereocenters. The zero-order valence-corrected chi connectivity index (χ0v) is 16.0. The van der Waals surface area contributed by atoms with Gasteiger partial charge in [-0.15, -0.1) is 0 Å². The summed E-state index contributed by atoms with van der Waals surface area (Å²) in [5.74, 6) is -1.12. The van der Waals surface area contributed by atoms with E-state index in [1.807, 2.05) is 31.2 Å². The summed E-state index contributed by atoms with van der Waals surface area (Å²) in [5, 5.41) is 18.8. The normalized spacial score (nSPS) is 15.9. The van der Waals surface area contributed by atoms with Crippen LogP contribution in [0.25, 0.3) is 0 Å². The van der Waals surface area contributed by atoms with E-state index in [0.717, 1.165) is 5.56 Å². The van der Waals surface area contributed by atoms with Crippen molar-refractivity contribution in [2.75, 3.05) is 10.6 Å². The summed E-state index contributed by atoms with van der Waals surface area (Å²) in [6.07, 6.45) is -0.303. The number of guanidine groups is 2. The fourth-order valence-electron chi connectivity index (χ4n) is 2.67. The number of para-hydroxylation sites is 2. The lowest BCUT2D eigenvalue weighted by Crippen LogP contribution is -2.32. The summed E-state index contributed by atoms with van der Waals surface area (Å²) < 4.78 is 0. The zero-order chi connectivity index (χ0) is 21.7. The third-order valence-corrected chi connectivity index (χ3v) is 4.12. The van der Waals surface area contributed by atoms with Gasteiger partial charge in [-0.3, -0.25) is 25.0 Å². The molecule has 1 aliphatic heterocycles. The third-order valence-electron chi connectivity index (χ3n) is 4.12. The van der Waals surface area contributed by atoms with Gasteiger partial charge < -0.3 is 16.4 Å². The Morgan fingerprint density at radius 2 is 1.93 bits per heavy atom. The Balaban J connectivity index is 1.63. The Labute approximate surface area is 171 Å². The predicted octanol–water partition coefficient (Wildman–Crippen LogP) is 1.51. The highest BCUT2D eigenvalue weighted by molar-refractivity contribution is 6.11. The molecule has 1 heterocycles. The summed E-state index contributed by atoms with van der Waals surface area (Å²) in [5.41, 5.74) is 7.43. The maximum absolute atomic E-state index is 12.2. The fraction of sp³-hybridized carbons (Fsp3) is 0.158. The molecule has 0 bridgehead atoms. The quantitative estimate of drug-likeness (QED) is 0.253. The van der Waals surface area contributed by atoms with Crippen LogP contribution in [0.5, 0.6) is 0 Å². The van der Waals surface area contributed by atoms with Gasteiger partial charge in [-0.2, -0.15) is 4.99 Å². The standard InChI is InChI=1S/C19H19N7O4/c1-11-6-8-12(9-7-11)21-18(20)25-19-23-14(17(28)24-19)10-16(27)22-13-4-2-3-5-15(13)26(29)30/h2-9,14H,10H2,1H3,(H,22,27)(H4,20,21,23,24,25,28). The number of nitrogens with zero attached hydrogens (tertiary/aromatic N) is 3. The molecule has 11 heteroatoms. The second-order valence-corrected chi connectivity index (χ2v) is 6.47. The van der Waals surface area contributed by atoms with Crippen LogP contribution in [-0.2, 0) is 9.59 Å². The molecule has 1 aliphatic rings. The number of rotatable bonds is 5. The number of hydrogen-bond acceptors (Lipinski definition) is 6. The molecule has 30 heavy (non-hydrogen) atoms. The number of aryl methyl sites for hydroxylation is 1. The molecule has 2 amide bonds. The maximum Gasteiger partial charge on any atom is 0.292 e. The summed E-state index contributed by atoms with van der Waals surface area (Å²) in [4.78, 5) is 42.8. The van der Waals surface area contributed by atoms with Gasteiger partial charge in [0.2, 0.25) is 17.8 Å². The second-order valence-electron chi connectivity index (χ2n) is 6.47. The Bertz CT molecular complexity index is 1050. The first-order chi connectivity index (χ1) is 14.3. The van der Waals surface area contributed by atoms with Gasteiger partial charge in [0.15, 0.2) is 0 Å². The molecule has 5 N–H and O–H groups in total. The number of carbonyl (C=O) groups excluding carboxylic acids is 2. The Kier molecular flexibility index (Phi) is 6.01. The highest BCUT2D eigenvalue weighted by Gasteiger charge is 2.29. The Morgan fingerprint density at radius 3 is 2.63 bits per heavy atom. The van der Waals surface area contributed by atoms with Crippen LogP contribution < -0.4 is 21.7 Å². The van der Waals surface area contributed by atoms with Crippen LogP contribution in [0.15, 0.2) is 58.5 Å². The van der Waals surface area contributed by atoms with Gasteiger partial charge in [-0.05, 0) is 25.1 Å². The number of nitrogens with one attached hydrogen (secondary N) is 3. The van der Waals surface area contributed by atoms with Crippen LogP contribution in [0.1, 0.15) is 12.0 Å². The van der Waals surface area contributed by atoms with Crippen LogP contribution >= 0.6 is 0 Å². The van der Waals surface area contributed by atoms with Crippen LogP contribution in [0.4, 0.5) is 17.1 Å². The van der Waals surface area contributed by atoms with Gasteiger partial charge in [-0.1, -0.05) is 29.8 Å². The molecule has 2 aromatic rings. The first-order valence-corrected chi connectivity index (χ1v) is 8.91. The second kappa shape index (κ2) is 8.82. The number of hydrogen-bond donors (Lipinski definition) is 4. The minimum atomic E-state index is -1.02. The lowest BCUT2D eigenvalue weighted by Gasteiger charge is -2.07. The Hall–Kier alpha value is -4.28. The molecule has 0 aliphatic carbocycles. The van der Waals surface area contributed by atoms with E-state index >= 15 is 0 Å². The SMILES string of the molecule is Cc1ccc(N/C(N)=N/C2=NC(CC(=O)Nc3ccccc3[N+](=O)[O-])C(=O)N2)cc1. The topological polar surface area (TPSA) is 164 Å². The average Bonchev–Trinajstić information content (AvgIpc) is 3.02. The first-order valence-electron chi connectivity index (χ1n) is 8.91. The molecule has 0 fully saturated rings. The minimum absolute atomic E-state index is 0.0166. The van der Waals surface area contributed by atoms with E-state index in [1.165, 1.54) is 18.2 Å². The third kappa shape index (κ3) is 5.16. The van der Waals surface area contributed by atoms with Crippen LogP contribution in [0, 0.1) is 17.0 Å². The van der Waals surface area contributed by atoms with Crippen molar-refractivity contribution in [3.63, 3.8) is 0 Å². The number of nitro benzene ring substituents is 1. The monoisotopic (exact) mass is 409 g/mol. The van der Waals surface area contributed by atoms with Crippen molar-refractivity contribution in [2.45, 2.75) is 19.4 Å². The molecule has 2 aromatic carbocycles. The van der Waals surface area contributed by atoms with Gasteiger partial charge in [0.25, 0.3) is 11.6 Å². The van der Waals surface area contributed by atoms with E-state index in [-0.39, 0.29) is 29.7 Å². The van der Waals surface area contributed by atoms with Gasteiger partial charge in [0.05, 0.1) is 11.3 Å². The van der Waals surface area contributed by atoms with E-state index in [9.17, 15) is 19.7 Å². The van der Waals surface area contributed by atoms with Crippen LogP contribution in [0.2, 0.25) is 0 Å². The minimum Gasteiger partial charge on any atom is -0.369 e. The number of anilines is 2. The van der Waals surface area contributed by atoms with Crippen molar-refractivity contribution < 1.29 is 14.5 Å². The summed E-state index contributed by atoms with van der Waals surface area (Å²) in [7, 11) is 0. The molecule has 3 rings (SSSR count). The van der Waals surface area contributed by atoms with Gasteiger partial charge in [0.1, 0.15) is 11.7 Å². The largest absolute Gasteiger partial charge is 0.369 e. The zero-order valence-electron chi connectivity index (χ0n) is 16.0. The first kappa shape index (κ1) is 20.5. The molecule has 11 nitrogen and oxygen atoms in total. The predicted molar refractivity (Wildman–Crippen MR) is 112 cm³/mol. The molecular weight excluding hydrogens is 390 g/mol. The summed E-state index contributed by atoms with van der Waals surface area (Å²) >= 11 is 0. The molecular formula is C19H19N7O4. The highest BCUT2D eigenvalue weighted by Crippen LogP contribution is 2.23. The molecule has 0 saturated heterocycles. The molecule has 0 aromatic heterocycles. The molecule has 0 saturated carbocycles. The van der Waals surface area contributed by atoms with Gasteiger partial charge in [-0.25, -0.2) is 4.99 Å². The summed E-state index contributed by atoms with van der Waals surface area (Å²) in [6.45, 7) is 1.95. The number of amides is 2. The summed E-state index contributed by atoms with van der Waals surface area (Å²) in [6, 6.07) is 12.1. The lowest BCUT2D eigenvalue weighted by atomic mass is 10.2. The molecule has 0 radical (unpaired) electrons. The van der Waals surface area contributed by atoms with Gasteiger partial charge >= 0.3 is 0 Å². The number of nitrogens with two attached hydrogens (primary N) is 1. The smallest absolute Gasteiger partial charge is 0.292 e. The molecule has 0 spiro atoms. The van der Waals surface area contributed by atoms with E-state index in [1.54, 1.807) is 6.07 Å². The van der Waals surface area contributed by atoms with Crippen molar-refractivity contribution >= 4 is 40.8 Å². The number of benzene rings is 2. The van der Waals surface area contributed by atoms with Crippen molar-refractivity contribution in [1.82, 2.24) is 5.32 Å². The van der Waals surface area contributed by atoms with Crippen molar-refractivity contribution in [2.24, 2.45) is 15.7 Å². The highest BCUT2D eigenvalue weighted by atomic mass is 16.6. The van der Waals surface area contributed by atoms with E-state index < -0.39 is 22.8 Å². The van der Waals surface area contributed by atoms with E-state index in [2.05, 4.69) is 25.9 Å². The van der Waals surface area contributed by atoms with Crippen molar-refractivity contribution in [1.29, 1.82) is 0 Å². The van der Waals surface area contributed by atoms with E-state index in [0.29, 0.717) is 5.69 Å². The Morgan fingerprint density at radius 1 is 1.23 bits per heavy atom. The molecule has 1 unspecified atom stereocenters. The van der Waals surface area contributed by atoms with Gasteiger partial charge in [0, 0.05) is 11.8 Å². The molecule has 154 valence electrons.